The molecule has 2 fully saturated rings. The molecule has 1 amide bonds. The number of amides is 1. The van der Waals surface area contributed by atoms with Crippen molar-refractivity contribution >= 4 is 11.9 Å². The molecule has 9 heteroatoms. The van der Waals surface area contributed by atoms with Gasteiger partial charge in [-0.05, 0) is 49.5 Å². The monoisotopic (exact) mass is 488 g/mol. The first-order valence-corrected chi connectivity index (χ1v) is 12.2. The molecule has 2 aliphatic rings. The van der Waals surface area contributed by atoms with Crippen LogP contribution in [0.5, 0.6) is 5.75 Å². The van der Waals surface area contributed by atoms with E-state index in [-0.39, 0.29) is 23.6 Å². The Morgan fingerprint density at radius 1 is 1.14 bits per heavy atom. The minimum atomic E-state index is -0.634. The number of benzene rings is 1. The number of halogens is 2. The maximum absolute atomic E-state index is 14.4. The van der Waals surface area contributed by atoms with Gasteiger partial charge in [-0.2, -0.15) is 0 Å². The molecule has 4 rings (SSSR count). The van der Waals surface area contributed by atoms with E-state index in [1.807, 2.05) is 12.4 Å². The molecule has 1 aliphatic heterocycles. The summed E-state index contributed by atoms with van der Waals surface area (Å²) in [5, 5.41) is 0. The molecular formula is C26H34F2N4O3. The van der Waals surface area contributed by atoms with E-state index in [1.54, 1.807) is 21.2 Å². The zero-order valence-electron chi connectivity index (χ0n) is 20.7. The Morgan fingerprint density at radius 3 is 2.51 bits per heavy atom. The van der Waals surface area contributed by atoms with Crippen LogP contribution in [0.1, 0.15) is 36.8 Å². The number of carbonyl (C=O) groups is 1. The predicted octanol–water partition coefficient (Wildman–Crippen LogP) is 3.85. The Balaban J connectivity index is 1.19. The molecule has 0 N–H and O–H groups in total. The summed E-state index contributed by atoms with van der Waals surface area (Å²) in [4.78, 5) is 24.3. The van der Waals surface area contributed by atoms with Gasteiger partial charge in [0.1, 0.15) is 5.82 Å². The van der Waals surface area contributed by atoms with Gasteiger partial charge in [-0.1, -0.05) is 0 Å². The van der Waals surface area contributed by atoms with Crippen LogP contribution in [0.15, 0.2) is 24.5 Å². The van der Waals surface area contributed by atoms with Crippen molar-refractivity contribution in [2.75, 3.05) is 45.8 Å². The van der Waals surface area contributed by atoms with Crippen molar-refractivity contribution in [3.8, 4) is 5.75 Å². The van der Waals surface area contributed by atoms with E-state index in [1.165, 1.54) is 11.3 Å². The van der Waals surface area contributed by atoms with E-state index in [0.29, 0.717) is 31.0 Å². The van der Waals surface area contributed by atoms with Crippen molar-refractivity contribution in [2.45, 2.75) is 38.7 Å². The van der Waals surface area contributed by atoms with Crippen LogP contribution < -0.4 is 9.64 Å². The molecule has 0 bridgehead atoms. The second-order valence-electron chi connectivity index (χ2n) is 9.78. The molecule has 2 heterocycles. The molecule has 2 aromatic rings. The first-order chi connectivity index (χ1) is 16.9. The zero-order valence-corrected chi connectivity index (χ0v) is 20.7. The Morgan fingerprint density at radius 2 is 1.86 bits per heavy atom. The number of rotatable bonds is 10. The van der Waals surface area contributed by atoms with Gasteiger partial charge in [-0.3, -0.25) is 4.79 Å². The number of hydrogen-bond acceptors (Lipinski definition) is 6. The molecule has 1 aromatic carbocycles. The molecule has 1 aromatic heterocycles. The lowest BCUT2D eigenvalue weighted by Crippen LogP contribution is -2.35. The van der Waals surface area contributed by atoms with Crippen molar-refractivity contribution in [3.63, 3.8) is 0 Å². The maximum atomic E-state index is 14.4. The van der Waals surface area contributed by atoms with Gasteiger partial charge in [0, 0.05) is 63.9 Å². The molecule has 190 valence electrons. The predicted molar refractivity (Wildman–Crippen MR) is 128 cm³/mol. The maximum Gasteiger partial charge on any atom is 0.226 e. The van der Waals surface area contributed by atoms with E-state index in [2.05, 4.69) is 14.9 Å². The van der Waals surface area contributed by atoms with Crippen LogP contribution in [0.25, 0.3) is 0 Å². The van der Waals surface area contributed by atoms with E-state index in [0.717, 1.165) is 56.0 Å². The summed E-state index contributed by atoms with van der Waals surface area (Å²) in [5.74, 6) is 1.06. The second-order valence-corrected chi connectivity index (χ2v) is 9.78. The Kier molecular flexibility index (Phi) is 8.15. The third-order valence-corrected chi connectivity index (χ3v) is 7.10. The van der Waals surface area contributed by atoms with E-state index in [9.17, 15) is 13.6 Å². The van der Waals surface area contributed by atoms with Crippen molar-refractivity contribution in [2.24, 2.45) is 17.8 Å². The molecule has 0 radical (unpaired) electrons. The topological polar surface area (TPSA) is 67.8 Å². The molecule has 1 saturated heterocycles. The summed E-state index contributed by atoms with van der Waals surface area (Å²) in [6.07, 6.45) is 7.68. The Hall–Kier alpha value is -2.81. The Labute approximate surface area is 205 Å². The van der Waals surface area contributed by atoms with Crippen LogP contribution in [-0.2, 0) is 22.6 Å². The lowest BCUT2D eigenvalue weighted by Gasteiger charge is -2.32. The zero-order chi connectivity index (χ0) is 24.9. The number of nitrogens with zero attached hydrogens (tertiary/aromatic N) is 4. The van der Waals surface area contributed by atoms with Crippen molar-refractivity contribution < 1.29 is 23.0 Å². The van der Waals surface area contributed by atoms with Crippen LogP contribution in [0.4, 0.5) is 14.7 Å². The number of hydrogen-bond donors (Lipinski definition) is 0. The van der Waals surface area contributed by atoms with Crippen LogP contribution in [0.2, 0.25) is 0 Å². The first-order valence-electron chi connectivity index (χ1n) is 12.2. The van der Waals surface area contributed by atoms with Crippen LogP contribution in [0.3, 0.4) is 0 Å². The Bertz CT molecular complexity index is 1010. The molecule has 7 nitrogen and oxygen atoms in total. The largest absolute Gasteiger partial charge is 0.490 e. The van der Waals surface area contributed by atoms with Gasteiger partial charge < -0.3 is 19.3 Å². The fraction of sp³-hybridized carbons (Fsp3) is 0.577. The minimum absolute atomic E-state index is 0.0402. The van der Waals surface area contributed by atoms with Gasteiger partial charge in [0.2, 0.25) is 11.9 Å². The number of likely N-dealkylation sites (N-methyl/N-ethyl adjacent to an activating group) is 1. The lowest BCUT2D eigenvalue weighted by atomic mass is 9.90. The fourth-order valence-corrected chi connectivity index (χ4v) is 4.92. The van der Waals surface area contributed by atoms with Gasteiger partial charge in [0.15, 0.2) is 11.6 Å². The van der Waals surface area contributed by atoms with E-state index < -0.39 is 11.6 Å². The average Bonchev–Trinajstić information content (AvgIpc) is 3.62. The van der Waals surface area contributed by atoms with Gasteiger partial charge in [-0.15, -0.1) is 0 Å². The second kappa shape index (κ2) is 11.3. The quantitative estimate of drug-likeness (QED) is 0.506. The number of methoxy groups -OCH3 is 1. The standard InChI is InChI=1S/C26H34F2N4O3/c1-31(2)25(33)12-20-11-23(28)24(13-22(20)27)35-9-6-19-10-21(19)18-4-7-32(8-5-18)26-29-14-17(15-30-26)16-34-3/h11,13-15,18-19,21H,4-10,12,16H2,1-3H3. The summed E-state index contributed by atoms with van der Waals surface area (Å²) >= 11 is 0. The molecule has 1 aliphatic carbocycles. The van der Waals surface area contributed by atoms with Crippen LogP contribution in [-0.4, -0.2) is 61.7 Å². The van der Waals surface area contributed by atoms with Crippen molar-refractivity contribution in [1.29, 1.82) is 0 Å². The molecule has 0 spiro atoms. The smallest absolute Gasteiger partial charge is 0.226 e. The van der Waals surface area contributed by atoms with Gasteiger partial charge in [0.05, 0.1) is 19.6 Å². The van der Waals surface area contributed by atoms with Gasteiger partial charge >= 0.3 is 0 Å². The first kappa shape index (κ1) is 25.3. The SMILES string of the molecule is COCc1cnc(N2CCC(C3CC3CCOc3cc(F)c(CC(=O)N(C)C)cc3F)CC2)nc1. The van der Waals surface area contributed by atoms with Crippen molar-refractivity contribution in [3.05, 3.63) is 47.3 Å². The molecular weight excluding hydrogens is 454 g/mol. The van der Waals surface area contributed by atoms with E-state index >= 15 is 0 Å². The van der Waals surface area contributed by atoms with Crippen LogP contribution in [0, 0.1) is 29.4 Å². The highest BCUT2D eigenvalue weighted by atomic mass is 19.1. The van der Waals surface area contributed by atoms with Crippen LogP contribution >= 0.6 is 0 Å². The number of piperidine rings is 1. The summed E-state index contributed by atoms with van der Waals surface area (Å²) in [6, 6.07) is 2.12. The summed E-state index contributed by atoms with van der Waals surface area (Å²) < 4.78 is 39.4. The fourth-order valence-electron chi connectivity index (χ4n) is 4.92. The molecule has 2 atom stereocenters. The number of carbonyl (C=O) groups excluding carboxylic acids is 1. The number of aromatic nitrogens is 2. The third kappa shape index (κ3) is 6.45. The average molecular weight is 489 g/mol. The molecule has 35 heavy (non-hydrogen) atoms. The van der Waals surface area contributed by atoms with Crippen molar-refractivity contribution in [1.82, 2.24) is 14.9 Å². The van der Waals surface area contributed by atoms with Gasteiger partial charge in [-0.25, -0.2) is 18.7 Å². The highest BCUT2D eigenvalue weighted by Gasteiger charge is 2.43. The highest BCUT2D eigenvalue weighted by molar-refractivity contribution is 5.78. The number of ether oxygens (including phenoxy) is 2. The molecule has 2 unspecified atom stereocenters. The normalized spacial score (nSPS) is 20.1. The number of anilines is 1. The highest BCUT2D eigenvalue weighted by Crippen LogP contribution is 2.49. The minimum Gasteiger partial charge on any atom is -0.490 e. The lowest BCUT2D eigenvalue weighted by molar-refractivity contribution is -0.128. The van der Waals surface area contributed by atoms with Gasteiger partial charge in [0.25, 0.3) is 0 Å². The third-order valence-electron chi connectivity index (χ3n) is 7.10. The summed E-state index contributed by atoms with van der Waals surface area (Å²) in [5.41, 5.74) is 1.01. The summed E-state index contributed by atoms with van der Waals surface area (Å²) in [7, 11) is 4.82. The summed E-state index contributed by atoms with van der Waals surface area (Å²) in [6.45, 7) is 2.76. The molecule has 1 saturated carbocycles. The van der Waals surface area contributed by atoms with E-state index in [4.69, 9.17) is 9.47 Å².